The van der Waals surface area contributed by atoms with Crippen molar-refractivity contribution in [1.29, 1.82) is 0 Å². The third kappa shape index (κ3) is 4.80. The maximum absolute atomic E-state index is 12.1. The fraction of sp³-hybridized carbons (Fsp3) is 0.190. The lowest BCUT2D eigenvalue weighted by Crippen LogP contribution is -2.34. The van der Waals surface area contributed by atoms with Crippen LogP contribution in [0.2, 0.25) is 0 Å². The van der Waals surface area contributed by atoms with Crippen LogP contribution in [0.25, 0.3) is 11.3 Å². The summed E-state index contributed by atoms with van der Waals surface area (Å²) >= 11 is 5.20. The molecule has 0 spiro atoms. The first-order chi connectivity index (χ1) is 12.8. The van der Waals surface area contributed by atoms with E-state index in [9.17, 15) is 4.79 Å². The van der Waals surface area contributed by atoms with Gasteiger partial charge in [0.1, 0.15) is 0 Å². The molecule has 0 saturated heterocycles. The van der Waals surface area contributed by atoms with Gasteiger partial charge in [0, 0.05) is 11.6 Å². The first-order valence-electron chi connectivity index (χ1n) is 8.66. The van der Waals surface area contributed by atoms with Crippen molar-refractivity contribution in [1.82, 2.24) is 15.5 Å². The molecule has 0 bridgehead atoms. The van der Waals surface area contributed by atoms with Crippen molar-refractivity contribution in [3.63, 3.8) is 0 Å². The Labute approximate surface area is 164 Å². The molecule has 2 aromatic carbocycles. The summed E-state index contributed by atoms with van der Waals surface area (Å²) in [6, 6.07) is 19.1. The summed E-state index contributed by atoms with van der Waals surface area (Å²) in [5.74, 6) is 0.282. The van der Waals surface area contributed by atoms with Crippen LogP contribution in [0.5, 0.6) is 0 Å². The number of benzene rings is 2. The Kier molecular flexibility index (Phi) is 5.37. The predicted octanol–water partition coefficient (Wildman–Crippen LogP) is 4.50. The van der Waals surface area contributed by atoms with Gasteiger partial charge in [0.25, 0.3) is 5.91 Å². The van der Waals surface area contributed by atoms with Crippen LogP contribution in [0.15, 0.2) is 60.7 Å². The van der Waals surface area contributed by atoms with Crippen LogP contribution in [-0.2, 0) is 5.41 Å². The number of aromatic amines is 1. The van der Waals surface area contributed by atoms with E-state index in [2.05, 4.69) is 65.9 Å². The summed E-state index contributed by atoms with van der Waals surface area (Å²) in [5, 5.41) is 13.0. The summed E-state index contributed by atoms with van der Waals surface area (Å²) in [6.45, 7) is 6.56. The number of aromatic nitrogens is 2. The number of hydrogen-bond donors (Lipinski definition) is 3. The van der Waals surface area contributed by atoms with E-state index in [1.54, 1.807) is 24.3 Å². The molecule has 0 saturated carbocycles. The maximum Gasteiger partial charge on any atom is 0.257 e. The summed E-state index contributed by atoms with van der Waals surface area (Å²) in [7, 11) is 0. The van der Waals surface area contributed by atoms with Gasteiger partial charge in [-0.2, -0.15) is 5.10 Å². The molecule has 1 amide bonds. The summed E-state index contributed by atoms with van der Waals surface area (Å²) in [6.07, 6.45) is 0. The van der Waals surface area contributed by atoms with Gasteiger partial charge in [0.15, 0.2) is 10.9 Å². The van der Waals surface area contributed by atoms with Crippen LogP contribution in [0, 0.1) is 0 Å². The molecule has 3 aromatic rings. The molecular formula is C21H22N4OS. The van der Waals surface area contributed by atoms with Gasteiger partial charge in [-0.1, -0.05) is 63.2 Å². The SMILES string of the molecule is CC(C)(C)c1ccc(-c2cc(NC(=S)NC(=O)c3ccccc3)n[nH]2)cc1. The van der Waals surface area contributed by atoms with Crippen LogP contribution in [-0.4, -0.2) is 21.2 Å². The number of nitrogens with zero attached hydrogens (tertiary/aromatic N) is 1. The second kappa shape index (κ2) is 7.72. The van der Waals surface area contributed by atoms with Crippen molar-refractivity contribution < 1.29 is 4.79 Å². The van der Waals surface area contributed by atoms with E-state index in [0.717, 1.165) is 11.3 Å². The molecule has 6 heteroatoms. The number of H-pyrrole nitrogens is 1. The van der Waals surface area contributed by atoms with E-state index < -0.39 is 0 Å². The normalized spacial score (nSPS) is 11.1. The molecule has 3 rings (SSSR count). The van der Waals surface area contributed by atoms with E-state index >= 15 is 0 Å². The Morgan fingerprint density at radius 3 is 2.33 bits per heavy atom. The quantitative estimate of drug-likeness (QED) is 0.587. The minimum Gasteiger partial charge on any atom is -0.316 e. The highest BCUT2D eigenvalue weighted by atomic mass is 32.1. The van der Waals surface area contributed by atoms with Crippen molar-refractivity contribution in [3.05, 3.63) is 71.8 Å². The lowest BCUT2D eigenvalue weighted by atomic mass is 9.86. The molecule has 3 N–H and O–H groups in total. The molecule has 27 heavy (non-hydrogen) atoms. The molecule has 138 valence electrons. The molecule has 0 aliphatic heterocycles. The van der Waals surface area contributed by atoms with E-state index in [-0.39, 0.29) is 16.4 Å². The third-order valence-corrected chi connectivity index (χ3v) is 4.35. The monoisotopic (exact) mass is 378 g/mol. The number of hydrogen-bond acceptors (Lipinski definition) is 3. The van der Waals surface area contributed by atoms with Crippen LogP contribution < -0.4 is 10.6 Å². The van der Waals surface area contributed by atoms with Crippen LogP contribution in [0.4, 0.5) is 5.82 Å². The van der Waals surface area contributed by atoms with Crippen LogP contribution >= 0.6 is 12.2 Å². The van der Waals surface area contributed by atoms with Crippen molar-refractivity contribution >= 4 is 29.1 Å². The topological polar surface area (TPSA) is 69.8 Å². The number of carbonyl (C=O) groups excluding carboxylic acids is 1. The molecular weight excluding hydrogens is 356 g/mol. The number of nitrogens with one attached hydrogen (secondary N) is 3. The summed E-state index contributed by atoms with van der Waals surface area (Å²) in [4.78, 5) is 12.1. The average Bonchev–Trinajstić information content (AvgIpc) is 3.10. The third-order valence-electron chi connectivity index (χ3n) is 4.14. The molecule has 1 aromatic heterocycles. The highest BCUT2D eigenvalue weighted by molar-refractivity contribution is 7.80. The minimum atomic E-state index is -0.262. The van der Waals surface area contributed by atoms with E-state index in [0.29, 0.717) is 11.4 Å². The van der Waals surface area contributed by atoms with E-state index in [1.165, 1.54) is 5.56 Å². The van der Waals surface area contributed by atoms with E-state index in [4.69, 9.17) is 12.2 Å². The number of anilines is 1. The molecule has 1 heterocycles. The first-order valence-corrected chi connectivity index (χ1v) is 9.07. The van der Waals surface area contributed by atoms with E-state index in [1.807, 2.05) is 12.1 Å². The lowest BCUT2D eigenvalue weighted by molar-refractivity contribution is 0.0977. The number of rotatable bonds is 3. The molecule has 0 radical (unpaired) electrons. The molecule has 0 unspecified atom stereocenters. The van der Waals surface area contributed by atoms with Crippen LogP contribution in [0.3, 0.4) is 0 Å². The maximum atomic E-state index is 12.1. The Hall–Kier alpha value is -2.99. The Balaban J connectivity index is 1.64. The summed E-state index contributed by atoms with van der Waals surface area (Å²) < 4.78 is 0. The fourth-order valence-corrected chi connectivity index (χ4v) is 2.79. The zero-order valence-electron chi connectivity index (χ0n) is 15.5. The second-order valence-corrected chi connectivity index (χ2v) is 7.68. The minimum absolute atomic E-state index is 0.113. The Morgan fingerprint density at radius 2 is 1.70 bits per heavy atom. The van der Waals surface area contributed by atoms with Crippen molar-refractivity contribution in [3.8, 4) is 11.3 Å². The van der Waals surface area contributed by atoms with Crippen molar-refractivity contribution in [2.24, 2.45) is 0 Å². The zero-order valence-corrected chi connectivity index (χ0v) is 16.4. The number of amides is 1. The predicted molar refractivity (Wildman–Crippen MR) is 113 cm³/mol. The lowest BCUT2D eigenvalue weighted by Gasteiger charge is -2.18. The molecule has 0 aliphatic carbocycles. The van der Waals surface area contributed by atoms with Crippen molar-refractivity contribution in [2.45, 2.75) is 26.2 Å². The van der Waals surface area contributed by atoms with Gasteiger partial charge in [-0.15, -0.1) is 0 Å². The largest absolute Gasteiger partial charge is 0.316 e. The number of carbonyl (C=O) groups is 1. The average molecular weight is 379 g/mol. The standard InChI is InChI=1S/C21H22N4OS/c1-21(2,3)16-11-9-14(10-12-16)17-13-18(25-24-17)22-20(27)23-19(26)15-7-5-4-6-8-15/h4-13H,1-3H3,(H3,22,23,24,25,26,27). The highest BCUT2D eigenvalue weighted by Gasteiger charge is 2.14. The molecule has 0 fully saturated rings. The van der Waals surface area contributed by atoms with Crippen LogP contribution in [0.1, 0.15) is 36.7 Å². The van der Waals surface area contributed by atoms with Gasteiger partial charge in [-0.05, 0) is 40.9 Å². The first kappa shape index (κ1) is 18.8. The molecule has 0 atom stereocenters. The summed E-state index contributed by atoms with van der Waals surface area (Å²) in [5.41, 5.74) is 3.83. The van der Waals surface area contributed by atoms with Gasteiger partial charge in [0.05, 0.1) is 5.69 Å². The van der Waals surface area contributed by atoms with Gasteiger partial charge >= 0.3 is 0 Å². The molecule has 0 aliphatic rings. The van der Waals surface area contributed by atoms with Gasteiger partial charge in [0.2, 0.25) is 0 Å². The smallest absolute Gasteiger partial charge is 0.257 e. The van der Waals surface area contributed by atoms with Gasteiger partial charge in [-0.25, -0.2) is 0 Å². The number of thiocarbonyl (C=S) groups is 1. The van der Waals surface area contributed by atoms with Crippen molar-refractivity contribution in [2.75, 3.05) is 5.32 Å². The van der Waals surface area contributed by atoms with Gasteiger partial charge < -0.3 is 5.32 Å². The Bertz CT molecular complexity index is 940. The highest BCUT2D eigenvalue weighted by Crippen LogP contribution is 2.26. The Morgan fingerprint density at radius 1 is 1.04 bits per heavy atom. The molecule has 5 nitrogen and oxygen atoms in total. The zero-order chi connectivity index (χ0) is 19.4. The fourth-order valence-electron chi connectivity index (χ4n) is 2.60. The second-order valence-electron chi connectivity index (χ2n) is 7.27. The van der Waals surface area contributed by atoms with Gasteiger partial charge in [-0.3, -0.25) is 15.2 Å².